The number of hydrogen-bond donors (Lipinski definition) is 2. The Morgan fingerprint density at radius 3 is 2.56 bits per heavy atom. The average Bonchev–Trinajstić information content (AvgIpc) is 3.07. The highest BCUT2D eigenvalue weighted by Crippen LogP contribution is 2.64. The van der Waals surface area contributed by atoms with Crippen LogP contribution >= 0.6 is 0 Å². The van der Waals surface area contributed by atoms with Gasteiger partial charge in [-0.2, -0.15) is 13.9 Å². The van der Waals surface area contributed by atoms with Crippen molar-refractivity contribution in [1.29, 1.82) is 0 Å². The molecule has 4 rings (SSSR count). The maximum atomic E-state index is 12.7. The third-order valence-electron chi connectivity index (χ3n) is 6.58. The van der Waals surface area contributed by atoms with Gasteiger partial charge in [0, 0.05) is 29.4 Å². The van der Waals surface area contributed by atoms with Crippen molar-refractivity contribution in [3.63, 3.8) is 0 Å². The van der Waals surface area contributed by atoms with Gasteiger partial charge in [0.15, 0.2) is 11.6 Å². The number of halogens is 2. The molecule has 0 amide bonds. The molecule has 2 aromatic heterocycles. The molecule has 3 unspecified atom stereocenters. The molecule has 2 aliphatic carbocycles. The van der Waals surface area contributed by atoms with Gasteiger partial charge in [0.25, 0.3) is 0 Å². The predicted molar refractivity (Wildman–Crippen MR) is 116 cm³/mol. The lowest BCUT2D eigenvalue weighted by atomic mass is 10.0. The first kappa shape index (κ1) is 22.9. The predicted octanol–water partition coefficient (Wildman–Crippen LogP) is 4.38. The van der Waals surface area contributed by atoms with E-state index < -0.39 is 12.2 Å². The van der Waals surface area contributed by atoms with E-state index in [0.717, 1.165) is 19.3 Å². The lowest BCUT2D eigenvalue weighted by Crippen LogP contribution is -2.29. The second-order valence-electron chi connectivity index (χ2n) is 9.71. The maximum Gasteiger partial charge on any atom is 0.387 e. The highest BCUT2D eigenvalue weighted by Gasteiger charge is 2.58. The van der Waals surface area contributed by atoms with Crippen molar-refractivity contribution in [2.75, 3.05) is 12.3 Å². The van der Waals surface area contributed by atoms with Gasteiger partial charge in [0.05, 0.1) is 24.0 Å². The molecule has 0 aromatic carbocycles. The number of hydrogen-bond acceptors (Lipinski definition) is 6. The second kappa shape index (κ2) is 8.59. The zero-order valence-corrected chi connectivity index (χ0v) is 19.0. The number of nitrogens with two attached hydrogens (primary N) is 1. The third kappa shape index (κ3) is 4.73. The number of alkyl halides is 2. The van der Waals surface area contributed by atoms with E-state index in [1.807, 2.05) is 6.07 Å². The standard InChI is InChI=1S/C23H32F2N4O3/c1-5-12(2)29-18(20-15-7-14(8-16(15)20)31-11-23(3,4)30)9-17(28-29)13-6-19(32-22(24)25)21(26)27-10-13/h6,9-10,12,14-16,20,22,30H,5,7-8,11H2,1-4H3,(H2,26,27). The summed E-state index contributed by atoms with van der Waals surface area (Å²) in [6.45, 7) is 5.11. The molecule has 0 bridgehead atoms. The van der Waals surface area contributed by atoms with Gasteiger partial charge >= 0.3 is 6.61 Å². The molecule has 176 valence electrons. The fourth-order valence-electron chi connectivity index (χ4n) is 4.80. The molecule has 3 atom stereocenters. The lowest BCUT2D eigenvalue weighted by Gasteiger charge is -2.22. The summed E-state index contributed by atoms with van der Waals surface area (Å²) in [5, 5.41) is 14.7. The van der Waals surface area contributed by atoms with Crippen LogP contribution in [-0.2, 0) is 4.74 Å². The summed E-state index contributed by atoms with van der Waals surface area (Å²) in [6.07, 6.45) is 4.59. The van der Waals surface area contributed by atoms with Crippen molar-refractivity contribution in [3.05, 3.63) is 24.0 Å². The third-order valence-corrected chi connectivity index (χ3v) is 6.58. The minimum atomic E-state index is -2.97. The largest absolute Gasteiger partial charge is 0.431 e. The van der Waals surface area contributed by atoms with Gasteiger partial charge in [-0.1, -0.05) is 6.92 Å². The van der Waals surface area contributed by atoms with Crippen LogP contribution in [-0.4, -0.2) is 44.8 Å². The van der Waals surface area contributed by atoms with Crippen LogP contribution in [0.15, 0.2) is 18.3 Å². The Kier molecular flexibility index (Phi) is 6.15. The number of anilines is 1. The SMILES string of the molecule is CCC(C)n1nc(-c2cnc(N)c(OC(F)F)c2)cc1C1C2CC(OCC(C)(C)O)CC21. The van der Waals surface area contributed by atoms with Gasteiger partial charge in [-0.15, -0.1) is 0 Å². The summed E-state index contributed by atoms with van der Waals surface area (Å²) in [6, 6.07) is 3.72. The summed E-state index contributed by atoms with van der Waals surface area (Å²) in [4.78, 5) is 4.01. The van der Waals surface area contributed by atoms with Crippen molar-refractivity contribution in [2.45, 2.75) is 77.2 Å². The minimum Gasteiger partial charge on any atom is -0.431 e. The van der Waals surface area contributed by atoms with Crippen molar-refractivity contribution >= 4 is 5.82 Å². The van der Waals surface area contributed by atoms with Crippen molar-refractivity contribution in [1.82, 2.24) is 14.8 Å². The molecule has 0 aliphatic heterocycles. The molecule has 0 radical (unpaired) electrons. The van der Waals surface area contributed by atoms with E-state index in [1.165, 1.54) is 18.0 Å². The molecule has 9 heteroatoms. The molecule has 2 saturated carbocycles. The number of nitrogen functional groups attached to an aromatic ring is 1. The van der Waals surface area contributed by atoms with E-state index in [0.29, 0.717) is 35.6 Å². The topological polar surface area (TPSA) is 95.4 Å². The molecule has 3 N–H and O–H groups in total. The zero-order chi connectivity index (χ0) is 23.2. The molecule has 2 aliphatic rings. The van der Waals surface area contributed by atoms with Crippen LogP contribution in [0.5, 0.6) is 5.75 Å². The summed E-state index contributed by atoms with van der Waals surface area (Å²) in [5.41, 5.74) is 7.29. The Bertz CT molecular complexity index is 947. The van der Waals surface area contributed by atoms with Gasteiger partial charge in [-0.3, -0.25) is 4.68 Å². The number of aromatic nitrogens is 3. The van der Waals surface area contributed by atoms with Crippen LogP contribution in [0.4, 0.5) is 14.6 Å². The maximum absolute atomic E-state index is 12.7. The van der Waals surface area contributed by atoms with Crippen LogP contribution in [0.2, 0.25) is 0 Å². The summed E-state index contributed by atoms with van der Waals surface area (Å²) < 4.78 is 37.9. The Morgan fingerprint density at radius 1 is 1.28 bits per heavy atom. The first-order valence-electron chi connectivity index (χ1n) is 11.2. The fraction of sp³-hybridized carbons (Fsp3) is 0.652. The van der Waals surface area contributed by atoms with E-state index in [-0.39, 0.29) is 23.7 Å². The van der Waals surface area contributed by atoms with Crippen LogP contribution < -0.4 is 10.5 Å². The molecule has 0 spiro atoms. The van der Waals surface area contributed by atoms with Crippen LogP contribution in [0.3, 0.4) is 0 Å². The molecule has 2 fully saturated rings. The van der Waals surface area contributed by atoms with Gasteiger partial charge in [0.1, 0.15) is 0 Å². The summed E-state index contributed by atoms with van der Waals surface area (Å²) >= 11 is 0. The average molecular weight is 451 g/mol. The van der Waals surface area contributed by atoms with Crippen molar-refractivity contribution in [3.8, 4) is 17.0 Å². The molecule has 0 saturated heterocycles. The molecular formula is C23H32F2N4O3. The number of rotatable bonds is 9. The van der Waals surface area contributed by atoms with Crippen LogP contribution in [0.1, 0.15) is 64.6 Å². The van der Waals surface area contributed by atoms with Gasteiger partial charge in [0.2, 0.25) is 0 Å². The highest BCUT2D eigenvalue weighted by atomic mass is 19.3. The number of nitrogens with zero attached hydrogens (tertiary/aromatic N) is 3. The number of fused-ring (bicyclic) bond motifs is 1. The molecule has 7 nitrogen and oxygen atoms in total. The van der Waals surface area contributed by atoms with Crippen molar-refractivity contribution < 1.29 is 23.4 Å². The first-order valence-corrected chi connectivity index (χ1v) is 11.2. The Hall–Kier alpha value is -2.26. The van der Waals surface area contributed by atoms with E-state index in [9.17, 15) is 13.9 Å². The lowest BCUT2D eigenvalue weighted by molar-refractivity contribution is -0.0543. The number of pyridine rings is 1. The van der Waals surface area contributed by atoms with E-state index >= 15 is 0 Å². The smallest absolute Gasteiger partial charge is 0.387 e. The highest BCUT2D eigenvalue weighted by molar-refractivity contribution is 5.64. The minimum absolute atomic E-state index is 0.0792. The Balaban J connectivity index is 1.54. The van der Waals surface area contributed by atoms with Gasteiger partial charge in [-0.05, 0) is 64.0 Å². The molecular weight excluding hydrogens is 418 g/mol. The number of ether oxygens (including phenoxy) is 2. The number of aliphatic hydroxyl groups is 1. The molecule has 32 heavy (non-hydrogen) atoms. The Labute approximate surface area is 186 Å². The van der Waals surface area contributed by atoms with Gasteiger partial charge in [-0.25, -0.2) is 4.98 Å². The van der Waals surface area contributed by atoms with Crippen LogP contribution in [0, 0.1) is 11.8 Å². The van der Waals surface area contributed by atoms with E-state index in [4.69, 9.17) is 15.6 Å². The first-order chi connectivity index (χ1) is 15.1. The molecule has 2 heterocycles. The normalized spacial score (nSPS) is 25.8. The molecule has 2 aromatic rings. The van der Waals surface area contributed by atoms with Crippen molar-refractivity contribution in [2.24, 2.45) is 11.8 Å². The monoisotopic (exact) mass is 450 g/mol. The fourth-order valence-corrected chi connectivity index (χ4v) is 4.80. The van der Waals surface area contributed by atoms with Crippen LogP contribution in [0.25, 0.3) is 11.3 Å². The summed E-state index contributed by atoms with van der Waals surface area (Å²) in [7, 11) is 0. The van der Waals surface area contributed by atoms with E-state index in [2.05, 4.69) is 28.3 Å². The second-order valence-corrected chi connectivity index (χ2v) is 9.71. The summed E-state index contributed by atoms with van der Waals surface area (Å²) in [5.74, 6) is 1.26. The zero-order valence-electron chi connectivity index (χ0n) is 19.0. The van der Waals surface area contributed by atoms with Gasteiger partial charge < -0.3 is 20.3 Å². The Morgan fingerprint density at radius 2 is 1.97 bits per heavy atom. The van der Waals surface area contributed by atoms with E-state index in [1.54, 1.807) is 13.8 Å². The quantitative estimate of drug-likeness (QED) is 0.589.